The fraction of sp³-hybridized carbons (Fsp3) is 0.333. The monoisotopic (exact) mass is 170 g/mol. The van der Waals surface area contributed by atoms with E-state index in [4.69, 9.17) is 9.84 Å². The fourth-order valence-corrected chi connectivity index (χ4v) is 0.845. The molecule has 0 aliphatic rings. The Morgan fingerprint density at radius 3 is 2.67 bits per heavy atom. The number of aromatic hydroxyl groups is 1. The lowest BCUT2D eigenvalue weighted by Gasteiger charge is -2.10. The first-order chi connectivity index (χ1) is 5.61. The zero-order valence-corrected chi connectivity index (χ0v) is 7.04. The van der Waals surface area contributed by atoms with E-state index in [0.29, 0.717) is 0 Å². The van der Waals surface area contributed by atoms with Crippen LogP contribution in [-0.2, 0) is 0 Å². The van der Waals surface area contributed by atoms with E-state index < -0.39 is 11.6 Å². The van der Waals surface area contributed by atoms with Crippen LogP contribution in [0, 0.1) is 5.82 Å². The molecule has 0 bridgehead atoms. The first-order valence-electron chi connectivity index (χ1n) is 3.75. The summed E-state index contributed by atoms with van der Waals surface area (Å²) in [6.07, 6.45) is -0.0716. The van der Waals surface area contributed by atoms with Gasteiger partial charge in [0.15, 0.2) is 17.3 Å². The van der Waals surface area contributed by atoms with Crippen LogP contribution in [0.25, 0.3) is 0 Å². The van der Waals surface area contributed by atoms with Crippen molar-refractivity contribution in [1.82, 2.24) is 0 Å². The molecular formula is C9H11FO2. The summed E-state index contributed by atoms with van der Waals surface area (Å²) < 4.78 is 17.8. The Morgan fingerprint density at radius 1 is 1.42 bits per heavy atom. The quantitative estimate of drug-likeness (QED) is 0.738. The molecule has 0 saturated carbocycles. The first-order valence-corrected chi connectivity index (χ1v) is 3.75. The normalized spacial score (nSPS) is 10.3. The molecule has 12 heavy (non-hydrogen) atoms. The minimum absolute atomic E-state index is 0.0716. The van der Waals surface area contributed by atoms with Crippen molar-refractivity contribution in [3.8, 4) is 11.5 Å². The number of halogens is 1. The number of hydrogen-bond donors (Lipinski definition) is 1. The van der Waals surface area contributed by atoms with Crippen LogP contribution in [0.3, 0.4) is 0 Å². The van der Waals surface area contributed by atoms with Crippen molar-refractivity contribution in [2.24, 2.45) is 0 Å². The first kappa shape index (κ1) is 8.84. The van der Waals surface area contributed by atoms with E-state index >= 15 is 0 Å². The van der Waals surface area contributed by atoms with Gasteiger partial charge in [0.1, 0.15) is 0 Å². The maximum absolute atomic E-state index is 12.7. The van der Waals surface area contributed by atoms with E-state index in [9.17, 15) is 4.39 Å². The lowest BCUT2D eigenvalue weighted by Crippen LogP contribution is -2.05. The van der Waals surface area contributed by atoms with Gasteiger partial charge in [0.05, 0.1) is 6.10 Å². The molecule has 1 aromatic rings. The van der Waals surface area contributed by atoms with Crippen LogP contribution in [0.15, 0.2) is 18.2 Å². The molecule has 3 heteroatoms. The largest absolute Gasteiger partial charge is 0.502 e. The molecule has 1 rings (SSSR count). The van der Waals surface area contributed by atoms with Crippen LogP contribution >= 0.6 is 0 Å². The zero-order chi connectivity index (χ0) is 9.14. The molecule has 1 aromatic carbocycles. The highest BCUT2D eigenvalue weighted by atomic mass is 19.1. The van der Waals surface area contributed by atoms with E-state index in [1.54, 1.807) is 0 Å². The van der Waals surface area contributed by atoms with E-state index in [1.165, 1.54) is 18.2 Å². The van der Waals surface area contributed by atoms with E-state index in [0.717, 1.165) is 0 Å². The summed E-state index contributed by atoms with van der Waals surface area (Å²) in [7, 11) is 0. The minimum Gasteiger partial charge on any atom is -0.502 e. The van der Waals surface area contributed by atoms with Gasteiger partial charge in [-0.25, -0.2) is 4.39 Å². The molecule has 0 fully saturated rings. The Morgan fingerprint density at radius 2 is 2.08 bits per heavy atom. The topological polar surface area (TPSA) is 29.5 Å². The Kier molecular flexibility index (Phi) is 2.53. The fourth-order valence-electron chi connectivity index (χ4n) is 0.845. The lowest BCUT2D eigenvalue weighted by molar-refractivity contribution is 0.229. The predicted molar refractivity (Wildman–Crippen MR) is 43.8 cm³/mol. The summed E-state index contributed by atoms with van der Waals surface area (Å²) >= 11 is 0. The Hall–Kier alpha value is -1.25. The van der Waals surface area contributed by atoms with Gasteiger partial charge in [-0.1, -0.05) is 6.07 Å². The van der Waals surface area contributed by atoms with Gasteiger partial charge < -0.3 is 9.84 Å². The van der Waals surface area contributed by atoms with Crippen LogP contribution in [0.2, 0.25) is 0 Å². The smallest absolute Gasteiger partial charge is 0.194 e. The molecule has 0 amide bonds. The van der Waals surface area contributed by atoms with Gasteiger partial charge in [-0.05, 0) is 26.0 Å². The molecule has 2 nitrogen and oxygen atoms in total. The maximum atomic E-state index is 12.7. The Balaban J connectivity index is 2.92. The van der Waals surface area contributed by atoms with Gasteiger partial charge in [0.2, 0.25) is 0 Å². The third-order valence-electron chi connectivity index (χ3n) is 1.31. The highest BCUT2D eigenvalue weighted by Gasteiger charge is 2.07. The Labute approximate surface area is 70.6 Å². The summed E-state index contributed by atoms with van der Waals surface area (Å²) in [6.45, 7) is 3.62. The number of rotatable bonds is 2. The lowest BCUT2D eigenvalue weighted by atomic mass is 10.3. The second-order valence-corrected chi connectivity index (χ2v) is 2.75. The molecular weight excluding hydrogens is 159 g/mol. The average molecular weight is 170 g/mol. The summed E-state index contributed by atoms with van der Waals surface area (Å²) in [5.41, 5.74) is 0. The number of benzene rings is 1. The van der Waals surface area contributed by atoms with E-state index in [2.05, 4.69) is 0 Å². The SMILES string of the molecule is CC(C)Oc1cccc(F)c1O. The van der Waals surface area contributed by atoms with Crippen LogP contribution in [0.5, 0.6) is 11.5 Å². The van der Waals surface area contributed by atoms with Crippen molar-refractivity contribution in [2.75, 3.05) is 0 Å². The number of para-hydroxylation sites is 1. The van der Waals surface area contributed by atoms with E-state index in [1.807, 2.05) is 13.8 Å². The van der Waals surface area contributed by atoms with Crippen molar-refractivity contribution in [2.45, 2.75) is 20.0 Å². The van der Waals surface area contributed by atoms with Crippen LogP contribution in [0.4, 0.5) is 4.39 Å². The molecule has 0 atom stereocenters. The highest BCUT2D eigenvalue weighted by Crippen LogP contribution is 2.28. The minimum atomic E-state index is -0.659. The van der Waals surface area contributed by atoms with Crippen molar-refractivity contribution in [3.05, 3.63) is 24.0 Å². The molecule has 0 spiro atoms. The van der Waals surface area contributed by atoms with Gasteiger partial charge in [-0.15, -0.1) is 0 Å². The third kappa shape index (κ3) is 1.87. The van der Waals surface area contributed by atoms with Gasteiger partial charge in [-0.3, -0.25) is 0 Å². The van der Waals surface area contributed by atoms with Crippen molar-refractivity contribution in [3.63, 3.8) is 0 Å². The number of phenols is 1. The molecule has 0 aliphatic heterocycles. The summed E-state index contributed by atoms with van der Waals surface area (Å²) in [5, 5.41) is 9.15. The second kappa shape index (κ2) is 3.43. The van der Waals surface area contributed by atoms with Gasteiger partial charge >= 0.3 is 0 Å². The molecule has 0 aliphatic carbocycles. The molecule has 66 valence electrons. The van der Waals surface area contributed by atoms with Crippen molar-refractivity contribution in [1.29, 1.82) is 0 Å². The van der Waals surface area contributed by atoms with Crippen LogP contribution < -0.4 is 4.74 Å². The maximum Gasteiger partial charge on any atom is 0.194 e. The van der Waals surface area contributed by atoms with Crippen LogP contribution in [0.1, 0.15) is 13.8 Å². The Bertz CT molecular complexity index is 271. The molecule has 0 aromatic heterocycles. The molecule has 0 radical (unpaired) electrons. The number of phenolic OH excluding ortho intramolecular Hbond substituents is 1. The number of hydrogen-bond acceptors (Lipinski definition) is 2. The van der Waals surface area contributed by atoms with Gasteiger partial charge in [0.25, 0.3) is 0 Å². The third-order valence-corrected chi connectivity index (χ3v) is 1.31. The second-order valence-electron chi connectivity index (χ2n) is 2.75. The van der Waals surface area contributed by atoms with Gasteiger partial charge in [-0.2, -0.15) is 0 Å². The van der Waals surface area contributed by atoms with Crippen molar-refractivity contribution >= 4 is 0 Å². The standard InChI is InChI=1S/C9H11FO2/c1-6(2)12-8-5-3-4-7(10)9(8)11/h3-6,11H,1-2H3. The van der Waals surface area contributed by atoms with E-state index in [-0.39, 0.29) is 11.9 Å². The predicted octanol–water partition coefficient (Wildman–Crippen LogP) is 2.32. The zero-order valence-electron chi connectivity index (χ0n) is 7.04. The average Bonchev–Trinajstić information content (AvgIpc) is 1.98. The van der Waals surface area contributed by atoms with Gasteiger partial charge in [0, 0.05) is 0 Å². The molecule has 0 unspecified atom stereocenters. The van der Waals surface area contributed by atoms with Crippen molar-refractivity contribution < 1.29 is 14.2 Å². The molecule has 0 heterocycles. The molecule has 0 saturated heterocycles. The summed E-state index contributed by atoms with van der Waals surface area (Å²) in [6, 6.07) is 4.20. The highest BCUT2D eigenvalue weighted by molar-refractivity contribution is 5.39. The summed E-state index contributed by atoms with van der Waals surface area (Å²) in [4.78, 5) is 0. The van der Waals surface area contributed by atoms with Crippen LogP contribution in [-0.4, -0.2) is 11.2 Å². The number of ether oxygens (including phenoxy) is 1. The molecule has 1 N–H and O–H groups in total. The summed E-state index contributed by atoms with van der Waals surface area (Å²) in [5.74, 6) is -0.899.